The van der Waals surface area contributed by atoms with Crippen molar-refractivity contribution in [2.75, 3.05) is 7.11 Å². The number of hydrogen-bond donors (Lipinski definition) is 2. The van der Waals surface area contributed by atoms with Crippen LogP contribution in [0.5, 0.6) is 0 Å². The summed E-state index contributed by atoms with van der Waals surface area (Å²) >= 11 is 0. The van der Waals surface area contributed by atoms with Crippen LogP contribution < -0.4 is 0 Å². The molecule has 0 saturated heterocycles. The fraction of sp³-hybridized carbons (Fsp3) is 0.200. The Kier molecular flexibility index (Phi) is 2.29. The van der Waals surface area contributed by atoms with Crippen LogP contribution in [0, 0.1) is 5.41 Å². The first kappa shape index (κ1) is 8.09. The summed E-state index contributed by atoms with van der Waals surface area (Å²) in [5.74, 6) is 1.14. The maximum Gasteiger partial charge on any atom is 0.351 e. The van der Waals surface area contributed by atoms with Gasteiger partial charge in [0.15, 0.2) is 5.57 Å². The van der Waals surface area contributed by atoms with E-state index in [2.05, 4.69) is 25.4 Å². The van der Waals surface area contributed by atoms with Gasteiger partial charge >= 0.3 is 5.97 Å². The third kappa shape index (κ3) is 1.35. The molecular weight excluding hydrogens is 162 g/mol. The molecule has 2 N–H and O–H groups in total. The number of rotatable bonds is 2. The van der Waals surface area contributed by atoms with Crippen molar-refractivity contribution in [2.45, 2.75) is 0 Å². The van der Waals surface area contributed by atoms with Gasteiger partial charge in [0, 0.05) is 0 Å². The average molecular weight is 167 g/mol. The Labute approximate surface area is 66.9 Å². The quantitative estimate of drug-likeness (QED) is 0.334. The van der Waals surface area contributed by atoms with Crippen LogP contribution in [0.15, 0.2) is 0 Å². The topological polar surface area (TPSA) is 105 Å². The maximum absolute atomic E-state index is 10.9. The van der Waals surface area contributed by atoms with Gasteiger partial charge in [-0.2, -0.15) is 5.21 Å². The van der Waals surface area contributed by atoms with Crippen LogP contribution in [0.4, 0.5) is 0 Å². The summed E-state index contributed by atoms with van der Waals surface area (Å²) in [6, 6.07) is 0. The predicted octanol–water partition coefficient (Wildman–Crippen LogP) is -0.995. The molecule has 0 atom stereocenters. The minimum absolute atomic E-state index is 0.00292. The van der Waals surface area contributed by atoms with Crippen molar-refractivity contribution < 1.29 is 9.53 Å². The molecule has 0 unspecified atom stereocenters. The van der Waals surface area contributed by atoms with Gasteiger partial charge < -0.3 is 4.74 Å². The summed E-state index contributed by atoms with van der Waals surface area (Å²) in [5.41, 5.74) is -0.161. The lowest BCUT2D eigenvalue weighted by Crippen LogP contribution is -2.05. The number of nitrogens with one attached hydrogen (secondary N) is 2. The molecule has 0 fully saturated rings. The van der Waals surface area contributed by atoms with Crippen molar-refractivity contribution in [3.63, 3.8) is 0 Å². The van der Waals surface area contributed by atoms with Crippen LogP contribution in [-0.4, -0.2) is 39.6 Å². The lowest BCUT2D eigenvalue weighted by atomic mass is 10.3. The molecule has 0 spiro atoms. The van der Waals surface area contributed by atoms with E-state index in [9.17, 15) is 4.79 Å². The molecule has 0 amide bonds. The molecule has 7 nitrogen and oxygen atoms in total. The molecule has 1 heterocycles. The molecule has 12 heavy (non-hydrogen) atoms. The standard InChI is InChI=1S/C5H5N5O2/c1-12-5(11)3(2-6)4-7-9-10-8-4/h6H,1H3,(H,7,8,9,10). The van der Waals surface area contributed by atoms with Crippen LogP contribution in [0.3, 0.4) is 0 Å². The number of carbonyl (C=O) groups is 1. The number of nitrogens with zero attached hydrogens (tertiary/aromatic N) is 3. The lowest BCUT2D eigenvalue weighted by molar-refractivity contribution is -0.133. The fourth-order valence-corrected chi connectivity index (χ4v) is 0.568. The van der Waals surface area contributed by atoms with Crippen molar-refractivity contribution >= 4 is 17.4 Å². The van der Waals surface area contributed by atoms with Crippen LogP contribution in [0.2, 0.25) is 0 Å². The Morgan fingerprint density at radius 1 is 1.75 bits per heavy atom. The minimum Gasteiger partial charge on any atom is -0.465 e. The molecule has 0 saturated carbocycles. The number of hydrogen-bond acceptors (Lipinski definition) is 6. The zero-order valence-electron chi connectivity index (χ0n) is 6.16. The number of aromatic amines is 1. The Morgan fingerprint density at radius 3 is 2.92 bits per heavy atom. The summed E-state index contributed by atoms with van der Waals surface area (Å²) in [6.45, 7) is 0. The number of methoxy groups -OCH3 is 1. The minimum atomic E-state index is -0.716. The number of esters is 1. The Hall–Kier alpha value is -2.01. The number of ether oxygens (including phenoxy) is 1. The van der Waals surface area contributed by atoms with E-state index in [0.717, 1.165) is 0 Å². The highest BCUT2D eigenvalue weighted by Gasteiger charge is 2.16. The normalized spacial score (nSPS) is 8.75. The molecule has 62 valence electrons. The van der Waals surface area contributed by atoms with E-state index in [1.54, 1.807) is 0 Å². The van der Waals surface area contributed by atoms with Crippen LogP contribution >= 0.6 is 0 Å². The second-order valence-electron chi connectivity index (χ2n) is 1.73. The third-order valence-electron chi connectivity index (χ3n) is 1.08. The highest BCUT2D eigenvalue weighted by atomic mass is 16.5. The zero-order valence-corrected chi connectivity index (χ0v) is 6.16. The molecule has 0 aliphatic rings. The highest BCUT2D eigenvalue weighted by molar-refractivity contribution is 6.24. The van der Waals surface area contributed by atoms with E-state index >= 15 is 0 Å². The van der Waals surface area contributed by atoms with Gasteiger partial charge in [0.1, 0.15) is 0 Å². The molecular formula is C5H5N5O2. The molecule has 0 radical (unpaired) electrons. The van der Waals surface area contributed by atoms with Gasteiger partial charge in [-0.1, -0.05) is 0 Å². The fourth-order valence-electron chi connectivity index (χ4n) is 0.568. The Bertz CT molecular complexity index is 324. The summed E-state index contributed by atoms with van der Waals surface area (Å²) in [7, 11) is 1.19. The largest absolute Gasteiger partial charge is 0.465 e. The van der Waals surface area contributed by atoms with Gasteiger partial charge in [0.05, 0.1) is 7.11 Å². The van der Waals surface area contributed by atoms with E-state index < -0.39 is 5.97 Å². The van der Waals surface area contributed by atoms with Gasteiger partial charge in [-0.15, -0.1) is 10.2 Å². The molecule has 0 aliphatic heterocycles. The highest BCUT2D eigenvalue weighted by Crippen LogP contribution is 2.03. The number of aromatic nitrogens is 4. The molecule has 1 rings (SSSR count). The first-order chi connectivity index (χ1) is 5.79. The first-order valence-electron chi connectivity index (χ1n) is 2.91. The number of carbonyl (C=O) groups excluding carboxylic acids is 1. The van der Waals surface area contributed by atoms with Crippen molar-refractivity contribution in [3.8, 4) is 0 Å². The van der Waals surface area contributed by atoms with E-state index in [1.807, 2.05) is 5.87 Å². The third-order valence-corrected chi connectivity index (χ3v) is 1.08. The van der Waals surface area contributed by atoms with Crippen molar-refractivity contribution in [1.29, 1.82) is 5.41 Å². The first-order valence-corrected chi connectivity index (χ1v) is 2.91. The Balaban J connectivity index is 3.01. The van der Waals surface area contributed by atoms with E-state index in [4.69, 9.17) is 5.41 Å². The molecule has 0 aliphatic carbocycles. The second kappa shape index (κ2) is 3.40. The zero-order chi connectivity index (χ0) is 8.97. The van der Waals surface area contributed by atoms with Crippen molar-refractivity contribution in [1.82, 2.24) is 20.6 Å². The molecule has 0 aromatic carbocycles. The van der Waals surface area contributed by atoms with E-state index in [1.165, 1.54) is 7.11 Å². The average Bonchev–Trinajstić information content (AvgIpc) is 2.58. The monoisotopic (exact) mass is 167 g/mol. The molecule has 1 aromatic rings. The van der Waals surface area contributed by atoms with Crippen molar-refractivity contribution in [3.05, 3.63) is 5.82 Å². The predicted molar refractivity (Wildman–Crippen MR) is 37.3 cm³/mol. The van der Waals surface area contributed by atoms with Gasteiger partial charge in [0.2, 0.25) is 5.82 Å². The summed E-state index contributed by atoms with van der Waals surface area (Å²) in [4.78, 5) is 10.9. The van der Waals surface area contributed by atoms with Crippen LogP contribution in [-0.2, 0) is 9.53 Å². The van der Waals surface area contributed by atoms with Crippen LogP contribution in [0.1, 0.15) is 5.82 Å². The Morgan fingerprint density at radius 2 is 2.50 bits per heavy atom. The summed E-state index contributed by atoms with van der Waals surface area (Å²) < 4.78 is 4.35. The van der Waals surface area contributed by atoms with Gasteiger partial charge in [-0.25, -0.2) is 4.79 Å². The van der Waals surface area contributed by atoms with E-state index in [0.29, 0.717) is 0 Å². The number of tetrazole rings is 1. The summed E-state index contributed by atoms with van der Waals surface area (Å²) in [5, 5.41) is 19.1. The van der Waals surface area contributed by atoms with Gasteiger partial charge in [0.25, 0.3) is 0 Å². The van der Waals surface area contributed by atoms with Crippen LogP contribution in [0.25, 0.3) is 5.57 Å². The molecule has 1 aromatic heterocycles. The maximum atomic E-state index is 10.9. The lowest BCUT2D eigenvalue weighted by Gasteiger charge is -1.94. The number of H-pyrrole nitrogens is 1. The molecule has 7 heteroatoms. The smallest absolute Gasteiger partial charge is 0.351 e. The second-order valence-corrected chi connectivity index (χ2v) is 1.73. The van der Waals surface area contributed by atoms with Gasteiger partial charge in [-0.3, -0.25) is 5.41 Å². The van der Waals surface area contributed by atoms with E-state index in [-0.39, 0.29) is 11.4 Å². The van der Waals surface area contributed by atoms with Crippen molar-refractivity contribution in [2.24, 2.45) is 0 Å². The van der Waals surface area contributed by atoms with Gasteiger partial charge in [-0.05, 0) is 11.1 Å². The SMILES string of the molecule is COC(=O)C(=C=N)c1nn[nH]n1. The molecule has 0 bridgehead atoms. The summed E-state index contributed by atoms with van der Waals surface area (Å²) in [6.07, 6.45) is 0.